The Bertz CT molecular complexity index is 376. The van der Waals surface area contributed by atoms with E-state index in [1.54, 1.807) is 0 Å². The summed E-state index contributed by atoms with van der Waals surface area (Å²) in [6.07, 6.45) is 5.93. The first-order chi connectivity index (χ1) is 9.33. The first kappa shape index (κ1) is 14.2. The topological polar surface area (TPSA) is 55.1 Å². The maximum Gasteiger partial charge on any atom is 0.248 e. The summed E-state index contributed by atoms with van der Waals surface area (Å²) < 4.78 is 26.3. The summed E-state index contributed by atoms with van der Waals surface area (Å²) in [6, 6.07) is -0.0667. The van der Waals surface area contributed by atoms with E-state index in [-0.39, 0.29) is 35.7 Å². The third-order valence-electron chi connectivity index (χ3n) is 5.84. The second kappa shape index (κ2) is 4.65. The fourth-order valence-corrected chi connectivity index (χ4v) is 4.08. The summed E-state index contributed by atoms with van der Waals surface area (Å²) in [5, 5.41) is 3.04. The number of halogens is 2. The minimum atomic E-state index is -2.53. The summed E-state index contributed by atoms with van der Waals surface area (Å²) in [4.78, 5) is 12.6. The number of hydrogen-bond acceptors (Lipinski definition) is 2. The monoisotopic (exact) mass is 286 g/mol. The molecule has 2 bridgehead atoms. The van der Waals surface area contributed by atoms with Crippen molar-refractivity contribution in [3.63, 3.8) is 0 Å². The lowest BCUT2D eigenvalue weighted by Crippen LogP contribution is -2.57. The molecule has 3 N–H and O–H groups in total. The Morgan fingerprint density at radius 2 is 1.45 bits per heavy atom. The van der Waals surface area contributed by atoms with E-state index in [4.69, 9.17) is 5.73 Å². The molecule has 3 nitrogen and oxygen atoms in total. The number of carbonyl (C=O) groups is 1. The minimum absolute atomic E-state index is 0.0467. The normalized spacial score (nSPS) is 40.5. The SMILES string of the molecule is NC12CCC(C(=O)NC3CCC(F)(F)CC3)(CC1)CC2. The van der Waals surface area contributed by atoms with Gasteiger partial charge in [-0.2, -0.15) is 0 Å². The first-order valence-electron chi connectivity index (χ1n) is 7.80. The summed E-state index contributed by atoms with van der Waals surface area (Å²) >= 11 is 0. The highest BCUT2D eigenvalue weighted by Gasteiger charge is 2.51. The molecule has 0 saturated heterocycles. The van der Waals surface area contributed by atoms with Crippen LogP contribution in [0.2, 0.25) is 0 Å². The van der Waals surface area contributed by atoms with Gasteiger partial charge in [-0.05, 0) is 51.4 Å². The van der Waals surface area contributed by atoms with Crippen molar-refractivity contribution < 1.29 is 13.6 Å². The molecule has 114 valence electrons. The highest BCUT2D eigenvalue weighted by molar-refractivity contribution is 5.83. The molecule has 5 heteroatoms. The number of alkyl halides is 2. The quantitative estimate of drug-likeness (QED) is 0.820. The van der Waals surface area contributed by atoms with Gasteiger partial charge in [0.2, 0.25) is 11.8 Å². The van der Waals surface area contributed by atoms with E-state index in [1.807, 2.05) is 0 Å². The standard InChI is InChI=1S/C15H24F2N2O/c16-15(17)3-1-11(2-4-15)19-12(20)13-5-8-14(18,9-6-13)10-7-13/h11H,1-10,18H2,(H,19,20). The Labute approximate surface area is 118 Å². The van der Waals surface area contributed by atoms with Gasteiger partial charge >= 0.3 is 0 Å². The van der Waals surface area contributed by atoms with E-state index in [1.165, 1.54) is 0 Å². The maximum absolute atomic E-state index is 13.1. The van der Waals surface area contributed by atoms with Gasteiger partial charge in [0.15, 0.2) is 0 Å². The average molecular weight is 286 g/mol. The average Bonchev–Trinajstić information content (AvgIpc) is 2.42. The van der Waals surface area contributed by atoms with Gasteiger partial charge < -0.3 is 11.1 Å². The van der Waals surface area contributed by atoms with Crippen LogP contribution in [0.1, 0.15) is 64.2 Å². The van der Waals surface area contributed by atoms with Crippen LogP contribution >= 0.6 is 0 Å². The molecule has 4 aliphatic rings. The first-order valence-corrected chi connectivity index (χ1v) is 7.80. The second-order valence-corrected chi connectivity index (χ2v) is 7.25. The zero-order valence-corrected chi connectivity index (χ0v) is 11.9. The number of amides is 1. The molecule has 4 rings (SSSR count). The van der Waals surface area contributed by atoms with Gasteiger partial charge in [-0.1, -0.05) is 0 Å². The molecule has 0 radical (unpaired) electrons. The summed E-state index contributed by atoms with van der Waals surface area (Å²) in [6.45, 7) is 0. The van der Waals surface area contributed by atoms with Gasteiger partial charge in [-0.3, -0.25) is 4.79 Å². The second-order valence-electron chi connectivity index (χ2n) is 7.25. The van der Waals surface area contributed by atoms with Crippen LogP contribution in [0.3, 0.4) is 0 Å². The lowest BCUT2D eigenvalue weighted by molar-refractivity contribution is -0.139. The molecule has 0 aromatic rings. The van der Waals surface area contributed by atoms with Gasteiger partial charge in [-0.15, -0.1) is 0 Å². The molecule has 0 heterocycles. The Balaban J connectivity index is 1.58. The van der Waals surface area contributed by atoms with Crippen molar-refractivity contribution >= 4 is 5.91 Å². The van der Waals surface area contributed by atoms with Crippen molar-refractivity contribution in [2.24, 2.45) is 11.1 Å². The molecule has 20 heavy (non-hydrogen) atoms. The molecular formula is C15H24F2N2O. The van der Waals surface area contributed by atoms with Crippen molar-refractivity contribution in [2.45, 2.75) is 81.7 Å². The van der Waals surface area contributed by atoms with E-state index in [0.717, 1.165) is 38.5 Å². The number of nitrogens with one attached hydrogen (secondary N) is 1. The largest absolute Gasteiger partial charge is 0.353 e. The molecule has 0 aromatic heterocycles. The highest BCUT2D eigenvalue weighted by Crippen LogP contribution is 2.51. The fourth-order valence-electron chi connectivity index (χ4n) is 4.08. The van der Waals surface area contributed by atoms with E-state index in [0.29, 0.717) is 12.8 Å². The molecule has 0 atom stereocenters. The Morgan fingerprint density at radius 1 is 0.950 bits per heavy atom. The lowest BCUT2D eigenvalue weighted by Gasteiger charge is -2.51. The van der Waals surface area contributed by atoms with Crippen molar-refractivity contribution in [2.75, 3.05) is 0 Å². The third kappa shape index (κ3) is 2.57. The van der Waals surface area contributed by atoms with Crippen LogP contribution in [0.5, 0.6) is 0 Å². The number of carbonyl (C=O) groups excluding carboxylic acids is 1. The molecule has 0 unspecified atom stereocenters. The predicted octanol–water partition coefficient (Wildman–Crippen LogP) is 2.73. The van der Waals surface area contributed by atoms with Gasteiger partial charge in [0.05, 0.1) is 0 Å². The van der Waals surface area contributed by atoms with Crippen LogP contribution in [-0.4, -0.2) is 23.4 Å². The maximum atomic E-state index is 13.1. The zero-order chi connectivity index (χ0) is 14.4. The smallest absolute Gasteiger partial charge is 0.248 e. The van der Waals surface area contributed by atoms with Crippen LogP contribution in [0, 0.1) is 5.41 Å². The number of fused-ring (bicyclic) bond motifs is 3. The van der Waals surface area contributed by atoms with E-state index < -0.39 is 5.92 Å². The third-order valence-corrected chi connectivity index (χ3v) is 5.84. The van der Waals surface area contributed by atoms with E-state index in [2.05, 4.69) is 5.32 Å². The van der Waals surface area contributed by atoms with Gasteiger partial charge in [0, 0.05) is 29.8 Å². The molecule has 0 aliphatic heterocycles. The lowest BCUT2D eigenvalue weighted by atomic mass is 9.57. The Hall–Kier alpha value is -0.710. The van der Waals surface area contributed by atoms with Gasteiger partial charge in [-0.25, -0.2) is 8.78 Å². The number of rotatable bonds is 2. The molecule has 1 amide bonds. The Kier molecular flexibility index (Phi) is 3.31. The zero-order valence-electron chi connectivity index (χ0n) is 11.9. The van der Waals surface area contributed by atoms with E-state index >= 15 is 0 Å². The molecule has 0 aromatic carbocycles. The fraction of sp³-hybridized carbons (Fsp3) is 0.933. The van der Waals surface area contributed by atoms with Crippen LogP contribution in [-0.2, 0) is 4.79 Å². The van der Waals surface area contributed by atoms with Crippen molar-refractivity contribution in [1.82, 2.24) is 5.32 Å². The highest BCUT2D eigenvalue weighted by atomic mass is 19.3. The molecular weight excluding hydrogens is 262 g/mol. The van der Waals surface area contributed by atoms with Crippen LogP contribution in [0.15, 0.2) is 0 Å². The number of hydrogen-bond donors (Lipinski definition) is 2. The predicted molar refractivity (Wildman–Crippen MR) is 72.4 cm³/mol. The molecule has 4 fully saturated rings. The van der Waals surface area contributed by atoms with Crippen LogP contribution in [0.4, 0.5) is 8.78 Å². The van der Waals surface area contributed by atoms with E-state index in [9.17, 15) is 13.6 Å². The molecule has 4 aliphatic carbocycles. The van der Waals surface area contributed by atoms with Gasteiger partial charge in [0.1, 0.15) is 0 Å². The van der Waals surface area contributed by atoms with Gasteiger partial charge in [0.25, 0.3) is 0 Å². The molecule has 4 saturated carbocycles. The number of nitrogens with two attached hydrogens (primary N) is 1. The van der Waals surface area contributed by atoms with Crippen LogP contribution in [0.25, 0.3) is 0 Å². The Morgan fingerprint density at radius 3 is 1.95 bits per heavy atom. The summed E-state index contributed by atoms with van der Waals surface area (Å²) in [7, 11) is 0. The van der Waals surface area contributed by atoms with Crippen molar-refractivity contribution in [1.29, 1.82) is 0 Å². The minimum Gasteiger partial charge on any atom is -0.353 e. The van der Waals surface area contributed by atoms with Crippen LogP contribution < -0.4 is 11.1 Å². The van der Waals surface area contributed by atoms with Crippen molar-refractivity contribution in [3.05, 3.63) is 0 Å². The summed E-state index contributed by atoms with van der Waals surface area (Å²) in [5.74, 6) is -2.44. The summed E-state index contributed by atoms with van der Waals surface area (Å²) in [5.41, 5.74) is 5.94. The van der Waals surface area contributed by atoms with Crippen molar-refractivity contribution in [3.8, 4) is 0 Å². The molecule has 0 spiro atoms.